The maximum atomic E-state index is 12.8. The van der Waals surface area contributed by atoms with Crippen LogP contribution in [0.2, 0.25) is 10.0 Å². The van der Waals surface area contributed by atoms with Crippen LogP contribution in [0.15, 0.2) is 36.4 Å². The molecule has 0 aliphatic carbocycles. The summed E-state index contributed by atoms with van der Waals surface area (Å²) in [4.78, 5) is 39.9. The summed E-state index contributed by atoms with van der Waals surface area (Å²) in [5, 5.41) is 0.435. The van der Waals surface area contributed by atoms with Crippen molar-refractivity contribution in [2.24, 2.45) is 0 Å². The number of fused-ring (bicyclic) bond motifs is 2. The normalized spacial score (nSPS) is 20.8. The third-order valence-electron chi connectivity index (χ3n) is 5.31. The number of benzene rings is 2. The van der Waals surface area contributed by atoms with Crippen LogP contribution in [-0.2, 0) is 22.5 Å². The van der Waals surface area contributed by atoms with E-state index in [4.69, 9.17) is 27.9 Å². The van der Waals surface area contributed by atoms with Gasteiger partial charge >= 0.3 is 5.97 Å². The molecule has 2 heterocycles. The van der Waals surface area contributed by atoms with Crippen molar-refractivity contribution >= 4 is 41.0 Å². The van der Waals surface area contributed by atoms with Crippen LogP contribution in [0.5, 0.6) is 0 Å². The van der Waals surface area contributed by atoms with Gasteiger partial charge in [-0.3, -0.25) is 9.59 Å². The highest BCUT2D eigenvalue weighted by Crippen LogP contribution is 2.31. The standard InChI is InChI=1S/C20H16Cl2N2O4/c1-28-20(27)17-6-11-4-2-3-5-12(11)9-23(17)10-24-18(25)13-7-15(21)16(22)8-14(13)19(24)26/h2-5,7-8,17H,6,9-10H2,1H3/p+1/t17-/m0/s1. The van der Waals surface area contributed by atoms with Gasteiger partial charge in [0.2, 0.25) is 0 Å². The predicted octanol–water partition coefficient (Wildman–Crippen LogP) is 1.73. The maximum absolute atomic E-state index is 12.8. The summed E-state index contributed by atoms with van der Waals surface area (Å²) in [5.74, 6) is -1.24. The smallest absolute Gasteiger partial charge is 0.365 e. The lowest BCUT2D eigenvalue weighted by atomic mass is 9.94. The fraction of sp³-hybridized carbons (Fsp3) is 0.250. The summed E-state index contributed by atoms with van der Waals surface area (Å²) in [7, 11) is 1.34. The van der Waals surface area contributed by atoms with E-state index >= 15 is 0 Å². The first kappa shape index (κ1) is 18.9. The molecule has 2 amide bonds. The number of imide groups is 1. The molecule has 2 aromatic rings. The number of esters is 1. The van der Waals surface area contributed by atoms with Crippen LogP contribution in [-0.4, -0.2) is 42.5 Å². The molecule has 8 heteroatoms. The second-order valence-corrected chi connectivity index (χ2v) is 7.71. The molecule has 1 unspecified atom stereocenters. The van der Waals surface area contributed by atoms with Gasteiger partial charge < -0.3 is 9.64 Å². The van der Waals surface area contributed by atoms with Gasteiger partial charge in [0.1, 0.15) is 6.54 Å². The van der Waals surface area contributed by atoms with Crippen molar-refractivity contribution in [1.29, 1.82) is 0 Å². The Labute approximate surface area is 171 Å². The second kappa shape index (κ2) is 7.20. The summed E-state index contributed by atoms with van der Waals surface area (Å²) in [6, 6.07) is 10.2. The van der Waals surface area contributed by atoms with E-state index in [0.29, 0.717) is 13.0 Å². The number of halogens is 2. The molecule has 2 aromatic carbocycles. The van der Waals surface area contributed by atoms with Gasteiger partial charge in [-0.25, -0.2) is 9.69 Å². The molecule has 0 saturated carbocycles. The third kappa shape index (κ3) is 3.07. The number of ether oxygens (including phenoxy) is 1. The molecule has 0 saturated heterocycles. The Hall–Kier alpha value is -2.41. The van der Waals surface area contributed by atoms with Crippen LogP contribution >= 0.6 is 23.2 Å². The number of nitrogens with zero attached hydrogens (tertiary/aromatic N) is 1. The molecule has 1 N–H and O–H groups in total. The van der Waals surface area contributed by atoms with Gasteiger partial charge in [0, 0.05) is 12.0 Å². The molecule has 0 fully saturated rings. The summed E-state index contributed by atoms with van der Waals surface area (Å²) in [6.45, 7) is 0.556. The molecule has 0 aromatic heterocycles. The highest BCUT2D eigenvalue weighted by Gasteiger charge is 2.43. The SMILES string of the molecule is COC(=O)[C@@H]1Cc2ccccc2C[NH+]1CN1C(=O)c2cc(Cl)c(Cl)cc2C1=O. The van der Waals surface area contributed by atoms with E-state index in [-0.39, 0.29) is 33.8 Å². The lowest BCUT2D eigenvalue weighted by Gasteiger charge is -2.33. The molecule has 6 nitrogen and oxygen atoms in total. The minimum atomic E-state index is -0.503. The first-order valence-corrected chi connectivity index (χ1v) is 9.50. The largest absolute Gasteiger partial charge is 0.465 e. The van der Waals surface area contributed by atoms with E-state index in [1.165, 1.54) is 19.2 Å². The van der Waals surface area contributed by atoms with Gasteiger partial charge in [-0.1, -0.05) is 47.5 Å². The summed E-state index contributed by atoms with van der Waals surface area (Å²) in [6.07, 6.45) is 0.485. The van der Waals surface area contributed by atoms with Crippen LogP contribution in [0.1, 0.15) is 31.8 Å². The van der Waals surface area contributed by atoms with Gasteiger partial charge in [0.25, 0.3) is 11.8 Å². The summed E-state index contributed by atoms with van der Waals surface area (Å²) < 4.78 is 4.96. The fourth-order valence-electron chi connectivity index (χ4n) is 3.85. The van der Waals surface area contributed by atoms with Gasteiger partial charge in [-0.15, -0.1) is 0 Å². The van der Waals surface area contributed by atoms with E-state index in [9.17, 15) is 14.4 Å². The maximum Gasteiger partial charge on any atom is 0.365 e. The van der Waals surface area contributed by atoms with Crippen LogP contribution in [0.4, 0.5) is 0 Å². The Bertz CT molecular complexity index is 967. The minimum absolute atomic E-state index is 0.0513. The first-order valence-electron chi connectivity index (χ1n) is 8.75. The highest BCUT2D eigenvalue weighted by molar-refractivity contribution is 6.43. The molecular formula is C20H17Cl2N2O4+. The highest BCUT2D eigenvalue weighted by atomic mass is 35.5. The van der Waals surface area contributed by atoms with Gasteiger partial charge in [-0.05, 0) is 17.7 Å². The monoisotopic (exact) mass is 419 g/mol. The van der Waals surface area contributed by atoms with E-state index in [0.717, 1.165) is 20.9 Å². The van der Waals surface area contributed by atoms with Gasteiger partial charge in [0.05, 0.1) is 28.3 Å². The second-order valence-electron chi connectivity index (χ2n) is 6.89. The van der Waals surface area contributed by atoms with Crippen LogP contribution in [0.25, 0.3) is 0 Å². The molecular weight excluding hydrogens is 403 g/mol. The van der Waals surface area contributed by atoms with Crippen LogP contribution in [0.3, 0.4) is 0 Å². The summed E-state index contributed by atoms with van der Waals surface area (Å²) >= 11 is 12.0. The number of quaternary nitrogens is 1. The zero-order valence-electron chi connectivity index (χ0n) is 15.0. The number of hydrogen-bond donors (Lipinski definition) is 1. The Balaban J connectivity index is 1.65. The third-order valence-corrected chi connectivity index (χ3v) is 6.03. The van der Waals surface area contributed by atoms with Crippen molar-refractivity contribution in [2.45, 2.75) is 19.0 Å². The van der Waals surface area contributed by atoms with Crippen molar-refractivity contribution in [3.05, 3.63) is 68.7 Å². The van der Waals surface area contributed by atoms with E-state index in [1.807, 2.05) is 24.3 Å². The van der Waals surface area contributed by atoms with Crippen molar-refractivity contribution in [2.75, 3.05) is 13.8 Å². The lowest BCUT2D eigenvalue weighted by molar-refractivity contribution is -0.939. The van der Waals surface area contributed by atoms with E-state index < -0.39 is 17.9 Å². The quantitative estimate of drug-likeness (QED) is 0.607. The van der Waals surface area contributed by atoms with Crippen molar-refractivity contribution in [1.82, 2.24) is 4.90 Å². The average molecular weight is 420 g/mol. The van der Waals surface area contributed by atoms with Gasteiger partial charge in [0.15, 0.2) is 12.7 Å². The Morgan fingerprint density at radius 1 is 1.11 bits per heavy atom. The molecule has 0 radical (unpaired) electrons. The average Bonchev–Trinajstić information content (AvgIpc) is 2.91. The Morgan fingerprint density at radius 3 is 2.25 bits per heavy atom. The number of carbonyl (C=O) groups excluding carboxylic acids is 3. The molecule has 0 bridgehead atoms. The van der Waals surface area contributed by atoms with Crippen molar-refractivity contribution < 1.29 is 24.0 Å². The summed E-state index contributed by atoms with van der Waals surface area (Å²) in [5.41, 5.74) is 2.61. The minimum Gasteiger partial charge on any atom is -0.465 e. The number of hydrogen-bond acceptors (Lipinski definition) is 4. The molecule has 2 aliphatic rings. The Morgan fingerprint density at radius 2 is 1.68 bits per heavy atom. The molecule has 2 atom stereocenters. The number of nitrogens with one attached hydrogen (secondary N) is 1. The van der Waals surface area contributed by atoms with E-state index in [2.05, 4.69) is 0 Å². The number of rotatable bonds is 3. The zero-order chi connectivity index (χ0) is 20.0. The number of carbonyl (C=O) groups is 3. The van der Waals surface area contributed by atoms with Crippen molar-refractivity contribution in [3.8, 4) is 0 Å². The number of amides is 2. The van der Waals surface area contributed by atoms with Crippen LogP contribution < -0.4 is 4.90 Å². The van der Waals surface area contributed by atoms with Crippen molar-refractivity contribution in [3.63, 3.8) is 0 Å². The zero-order valence-corrected chi connectivity index (χ0v) is 16.5. The Kier molecular flexibility index (Phi) is 4.87. The topological polar surface area (TPSA) is 68.1 Å². The van der Waals surface area contributed by atoms with Crippen LogP contribution in [0, 0.1) is 0 Å². The molecule has 2 aliphatic heterocycles. The first-order chi connectivity index (χ1) is 13.4. The lowest BCUT2D eigenvalue weighted by Crippen LogP contribution is -3.18. The fourth-order valence-corrected chi connectivity index (χ4v) is 4.18. The number of methoxy groups -OCH3 is 1. The predicted molar refractivity (Wildman–Crippen MR) is 102 cm³/mol. The molecule has 144 valence electrons. The molecule has 0 spiro atoms. The van der Waals surface area contributed by atoms with Gasteiger partial charge in [-0.2, -0.15) is 0 Å². The molecule has 28 heavy (non-hydrogen) atoms. The van der Waals surface area contributed by atoms with E-state index in [1.54, 1.807) is 0 Å². The molecule has 4 rings (SSSR count).